The first-order chi connectivity index (χ1) is 14.4. The van der Waals surface area contributed by atoms with E-state index in [4.69, 9.17) is 9.26 Å². The molecule has 2 atom stereocenters. The summed E-state index contributed by atoms with van der Waals surface area (Å²) in [5.74, 6) is 1.12. The minimum Gasteiger partial charge on any atom is -0.372 e. The van der Waals surface area contributed by atoms with Crippen LogP contribution >= 0.6 is 0 Å². The van der Waals surface area contributed by atoms with Crippen LogP contribution in [0.25, 0.3) is 0 Å². The number of ether oxygens (including phenoxy) is 1. The first-order valence-corrected chi connectivity index (χ1v) is 10.8. The lowest BCUT2D eigenvalue weighted by molar-refractivity contribution is -0.115. The van der Waals surface area contributed by atoms with Crippen molar-refractivity contribution in [1.82, 2.24) is 15.5 Å². The highest BCUT2D eigenvalue weighted by Crippen LogP contribution is 2.37. The molecular weight excluding hydrogens is 382 g/mol. The Bertz CT molecular complexity index is 850. The molecule has 1 aromatic heterocycles. The van der Waals surface area contributed by atoms with Gasteiger partial charge >= 0.3 is 0 Å². The molecule has 2 heterocycles. The van der Waals surface area contributed by atoms with Crippen LogP contribution in [0.2, 0.25) is 0 Å². The highest BCUT2D eigenvalue weighted by Gasteiger charge is 2.39. The topological polar surface area (TPSA) is 92.5 Å². The number of morpholine rings is 1. The molecule has 2 unspecified atom stereocenters. The fourth-order valence-corrected chi connectivity index (χ4v) is 4.55. The monoisotopic (exact) mass is 413 g/mol. The second kappa shape index (κ2) is 8.73. The summed E-state index contributed by atoms with van der Waals surface area (Å²) in [5, 5.41) is 10.5. The lowest BCUT2D eigenvalue weighted by Gasteiger charge is -2.36. The van der Waals surface area contributed by atoms with E-state index >= 15 is 0 Å². The molecule has 1 amide bonds. The first kappa shape index (κ1) is 20.8. The van der Waals surface area contributed by atoms with E-state index in [0.29, 0.717) is 11.7 Å². The van der Waals surface area contributed by atoms with Gasteiger partial charge in [0.15, 0.2) is 5.82 Å². The summed E-state index contributed by atoms with van der Waals surface area (Å²) in [6.07, 6.45) is 4.41. The Balaban J connectivity index is 1.34. The van der Waals surface area contributed by atoms with Crippen LogP contribution in [0.1, 0.15) is 51.2 Å². The van der Waals surface area contributed by atoms with Gasteiger partial charge in [-0.3, -0.25) is 10.1 Å². The summed E-state index contributed by atoms with van der Waals surface area (Å²) in [7, 11) is 0. The van der Waals surface area contributed by atoms with Crippen molar-refractivity contribution in [3.8, 4) is 0 Å². The smallest absolute Gasteiger partial charge is 0.238 e. The molecule has 1 saturated heterocycles. The zero-order chi connectivity index (χ0) is 21.1. The number of amides is 1. The molecule has 0 radical (unpaired) electrons. The number of nitrogens with zero attached hydrogens (tertiary/aromatic N) is 3. The lowest BCUT2D eigenvalue weighted by atomic mass is 9.96. The second-order valence-electron chi connectivity index (χ2n) is 8.54. The largest absolute Gasteiger partial charge is 0.372 e. The third-order valence-electron chi connectivity index (χ3n) is 5.94. The van der Waals surface area contributed by atoms with Crippen LogP contribution < -0.4 is 15.5 Å². The number of nitrogens with one attached hydrogen (secondary N) is 2. The summed E-state index contributed by atoms with van der Waals surface area (Å²) in [6.45, 7) is 7.92. The van der Waals surface area contributed by atoms with E-state index in [9.17, 15) is 4.79 Å². The minimum absolute atomic E-state index is 0.0807. The van der Waals surface area contributed by atoms with E-state index in [1.807, 2.05) is 24.3 Å². The molecule has 2 N–H and O–H groups in total. The third-order valence-corrected chi connectivity index (χ3v) is 5.94. The molecule has 8 nitrogen and oxygen atoms in total. The number of carbonyl (C=O) groups is 1. The van der Waals surface area contributed by atoms with Crippen LogP contribution in [0.3, 0.4) is 0 Å². The number of aromatic nitrogens is 2. The Kier molecular flexibility index (Phi) is 6.06. The van der Waals surface area contributed by atoms with Gasteiger partial charge in [0.05, 0.1) is 24.3 Å². The SMILES string of the molecule is Cc1nc(C2(NCC(=O)Nc3ccc(N4CC(C)OC(C)C4)cc3)CCCC2)no1. The molecule has 0 spiro atoms. The van der Waals surface area contributed by atoms with E-state index in [1.165, 1.54) is 0 Å². The van der Waals surface area contributed by atoms with Crippen molar-refractivity contribution >= 4 is 17.3 Å². The predicted molar refractivity (Wildman–Crippen MR) is 114 cm³/mol. The molecule has 2 aromatic rings. The predicted octanol–water partition coefficient (Wildman–Crippen LogP) is 2.99. The van der Waals surface area contributed by atoms with Crippen molar-refractivity contribution in [2.45, 2.75) is 64.2 Å². The van der Waals surface area contributed by atoms with Gasteiger partial charge < -0.3 is 19.5 Å². The number of anilines is 2. The average molecular weight is 414 g/mol. The molecule has 0 bridgehead atoms. The zero-order valence-electron chi connectivity index (χ0n) is 18.0. The van der Waals surface area contributed by atoms with Gasteiger partial charge in [-0.15, -0.1) is 0 Å². The van der Waals surface area contributed by atoms with E-state index in [2.05, 4.69) is 39.5 Å². The van der Waals surface area contributed by atoms with Gasteiger partial charge in [-0.25, -0.2) is 0 Å². The summed E-state index contributed by atoms with van der Waals surface area (Å²) >= 11 is 0. The van der Waals surface area contributed by atoms with Crippen molar-refractivity contribution in [1.29, 1.82) is 0 Å². The van der Waals surface area contributed by atoms with Gasteiger partial charge in [0.25, 0.3) is 0 Å². The van der Waals surface area contributed by atoms with Gasteiger partial charge in [-0.05, 0) is 51.0 Å². The molecule has 8 heteroatoms. The van der Waals surface area contributed by atoms with Crippen LogP contribution in [0.15, 0.2) is 28.8 Å². The number of benzene rings is 1. The molecular formula is C22H31N5O3. The molecule has 4 rings (SSSR count). The molecule has 162 valence electrons. The van der Waals surface area contributed by atoms with Crippen LogP contribution in [0.5, 0.6) is 0 Å². The Morgan fingerprint density at radius 2 is 1.83 bits per heavy atom. The van der Waals surface area contributed by atoms with E-state index in [0.717, 1.165) is 50.1 Å². The minimum atomic E-state index is -0.372. The van der Waals surface area contributed by atoms with Crippen LogP contribution in [-0.2, 0) is 15.1 Å². The Morgan fingerprint density at radius 3 is 2.43 bits per heavy atom. The third kappa shape index (κ3) is 4.65. The maximum atomic E-state index is 12.6. The van der Waals surface area contributed by atoms with Crippen LogP contribution in [-0.4, -0.2) is 47.9 Å². The zero-order valence-corrected chi connectivity index (χ0v) is 18.0. The van der Waals surface area contributed by atoms with Crippen LogP contribution in [0, 0.1) is 6.92 Å². The van der Waals surface area contributed by atoms with Crippen molar-refractivity contribution in [2.75, 3.05) is 29.9 Å². The quantitative estimate of drug-likeness (QED) is 0.752. The molecule has 2 aliphatic rings. The van der Waals surface area contributed by atoms with Gasteiger partial charge in [0, 0.05) is 31.4 Å². The Labute approximate surface area is 177 Å². The van der Waals surface area contributed by atoms with Crippen molar-refractivity contribution in [3.63, 3.8) is 0 Å². The maximum absolute atomic E-state index is 12.6. The molecule has 30 heavy (non-hydrogen) atoms. The van der Waals surface area contributed by atoms with E-state index in [1.54, 1.807) is 6.92 Å². The molecule has 1 aliphatic carbocycles. The van der Waals surface area contributed by atoms with Crippen molar-refractivity contribution in [2.24, 2.45) is 0 Å². The molecule has 1 aromatic carbocycles. The summed E-state index contributed by atoms with van der Waals surface area (Å²) in [6, 6.07) is 8.00. The molecule has 2 fully saturated rings. The summed E-state index contributed by atoms with van der Waals surface area (Å²) < 4.78 is 11.0. The van der Waals surface area contributed by atoms with Crippen molar-refractivity contribution < 1.29 is 14.1 Å². The number of aryl methyl sites for hydroxylation is 1. The molecule has 1 aliphatic heterocycles. The maximum Gasteiger partial charge on any atom is 0.238 e. The Hall–Kier alpha value is -2.45. The van der Waals surface area contributed by atoms with Gasteiger partial charge in [0.1, 0.15) is 0 Å². The molecule has 1 saturated carbocycles. The van der Waals surface area contributed by atoms with E-state index in [-0.39, 0.29) is 30.2 Å². The Morgan fingerprint density at radius 1 is 1.17 bits per heavy atom. The number of carbonyl (C=O) groups excluding carboxylic acids is 1. The first-order valence-electron chi connectivity index (χ1n) is 10.8. The standard InChI is InChI=1S/C22H31N5O3/c1-15-13-27(14-16(2)29-15)19-8-6-18(7-9-19)25-20(28)12-23-22(10-4-5-11-22)21-24-17(3)30-26-21/h6-9,15-16,23H,4-5,10-14H2,1-3H3,(H,25,28). The van der Waals surface area contributed by atoms with Gasteiger partial charge in [0.2, 0.25) is 11.8 Å². The van der Waals surface area contributed by atoms with Crippen molar-refractivity contribution in [3.05, 3.63) is 36.0 Å². The summed E-state index contributed by atoms with van der Waals surface area (Å²) in [5.41, 5.74) is 1.56. The normalized spacial score (nSPS) is 23.5. The number of hydrogen-bond donors (Lipinski definition) is 2. The van der Waals surface area contributed by atoms with Gasteiger partial charge in [-0.2, -0.15) is 4.98 Å². The fraction of sp³-hybridized carbons (Fsp3) is 0.591. The van der Waals surface area contributed by atoms with Gasteiger partial charge in [-0.1, -0.05) is 18.0 Å². The number of hydrogen-bond acceptors (Lipinski definition) is 7. The highest BCUT2D eigenvalue weighted by atomic mass is 16.5. The average Bonchev–Trinajstić information content (AvgIpc) is 3.36. The van der Waals surface area contributed by atoms with Crippen LogP contribution in [0.4, 0.5) is 11.4 Å². The highest BCUT2D eigenvalue weighted by molar-refractivity contribution is 5.92. The fourth-order valence-electron chi connectivity index (χ4n) is 4.55. The van der Waals surface area contributed by atoms with E-state index < -0.39 is 0 Å². The number of rotatable bonds is 6. The second-order valence-corrected chi connectivity index (χ2v) is 8.54. The summed E-state index contributed by atoms with van der Waals surface area (Å²) in [4.78, 5) is 19.3. The lowest BCUT2D eigenvalue weighted by Crippen LogP contribution is -2.45.